The van der Waals surface area contributed by atoms with Crippen LogP contribution in [0.4, 0.5) is 29.0 Å². The number of aryl methyl sites for hydroxylation is 1. The van der Waals surface area contributed by atoms with Gasteiger partial charge < -0.3 is 25.3 Å². The van der Waals surface area contributed by atoms with E-state index in [0.29, 0.717) is 30.9 Å². The summed E-state index contributed by atoms with van der Waals surface area (Å²) in [7, 11) is 3.59. The third-order valence-corrected chi connectivity index (χ3v) is 9.16. The van der Waals surface area contributed by atoms with Gasteiger partial charge in [0, 0.05) is 33.2 Å². The van der Waals surface area contributed by atoms with E-state index in [9.17, 15) is 9.59 Å². The Morgan fingerprint density at radius 1 is 0.911 bits per heavy atom. The van der Waals surface area contributed by atoms with Gasteiger partial charge in [-0.25, -0.2) is 15.0 Å². The molecule has 0 bridgehead atoms. The van der Waals surface area contributed by atoms with Crippen molar-refractivity contribution in [2.45, 2.75) is 79.3 Å². The van der Waals surface area contributed by atoms with E-state index in [0.717, 1.165) is 30.0 Å². The number of benzene rings is 1. The van der Waals surface area contributed by atoms with Crippen molar-refractivity contribution in [2.75, 3.05) is 52.5 Å². The molecule has 3 aromatic rings. The molecule has 6 rings (SSSR count). The summed E-state index contributed by atoms with van der Waals surface area (Å²) in [5.74, 6) is 2.37. The molecule has 0 spiro atoms. The second-order valence-corrected chi connectivity index (χ2v) is 13.9. The number of hydrogen-bond donors (Lipinski definition) is 2. The van der Waals surface area contributed by atoms with Crippen molar-refractivity contribution < 1.29 is 9.59 Å². The van der Waals surface area contributed by atoms with E-state index in [1.165, 1.54) is 30.3 Å². The normalized spacial score (nSPS) is 19.8. The molecule has 0 saturated heterocycles. The van der Waals surface area contributed by atoms with Crippen molar-refractivity contribution in [3.8, 4) is 0 Å². The SMILES string of the molecule is CN1C(=O)C(C)(C)CNc2ncncc21.Cc1ccc(C(C)Nc2ncc3c(n2)N(C2CCCC2)CC(C)(C)C(=O)N3C)cc1. The van der Waals surface area contributed by atoms with E-state index >= 15 is 0 Å². The highest BCUT2D eigenvalue weighted by atomic mass is 16.2. The Kier molecular flexibility index (Phi) is 9.00. The Morgan fingerprint density at radius 3 is 2.24 bits per heavy atom. The summed E-state index contributed by atoms with van der Waals surface area (Å²) < 4.78 is 0. The lowest BCUT2D eigenvalue weighted by Crippen LogP contribution is -2.45. The minimum Gasteiger partial charge on any atom is -0.367 e. The first kappa shape index (κ1) is 32.1. The maximum atomic E-state index is 13.1. The molecule has 2 N–H and O–H groups in total. The molecule has 4 heterocycles. The second kappa shape index (κ2) is 12.6. The third-order valence-electron chi connectivity index (χ3n) is 9.16. The van der Waals surface area contributed by atoms with Crippen LogP contribution in [0.3, 0.4) is 0 Å². The Balaban J connectivity index is 0.000000223. The van der Waals surface area contributed by atoms with Gasteiger partial charge in [0.25, 0.3) is 0 Å². The van der Waals surface area contributed by atoms with E-state index < -0.39 is 10.8 Å². The van der Waals surface area contributed by atoms with E-state index in [1.807, 2.05) is 34.7 Å². The number of anilines is 5. The first-order chi connectivity index (χ1) is 21.3. The number of aromatic nitrogens is 4. The van der Waals surface area contributed by atoms with E-state index in [2.05, 4.69) is 68.6 Å². The molecule has 240 valence electrons. The Bertz CT molecular complexity index is 1530. The number of carbonyl (C=O) groups is 2. The van der Waals surface area contributed by atoms with Gasteiger partial charge in [-0.05, 0) is 59.9 Å². The maximum Gasteiger partial charge on any atom is 0.234 e. The van der Waals surface area contributed by atoms with Gasteiger partial charge in [-0.1, -0.05) is 42.7 Å². The number of amides is 2. The average molecular weight is 614 g/mol. The molecule has 11 nitrogen and oxygen atoms in total. The van der Waals surface area contributed by atoms with Gasteiger partial charge in [0.1, 0.15) is 17.7 Å². The fourth-order valence-electron chi connectivity index (χ4n) is 6.31. The number of carbonyl (C=O) groups excluding carboxylic acids is 2. The minimum atomic E-state index is -0.471. The topological polar surface area (TPSA) is 119 Å². The summed E-state index contributed by atoms with van der Waals surface area (Å²) in [5, 5.41) is 6.62. The van der Waals surface area contributed by atoms with Gasteiger partial charge in [0.2, 0.25) is 17.8 Å². The Morgan fingerprint density at radius 2 is 1.56 bits per heavy atom. The summed E-state index contributed by atoms with van der Waals surface area (Å²) >= 11 is 0. The standard InChI is InChI=1S/C24H33N5O.C10H14N4O/c1-16-10-12-18(13-11-16)17(2)26-23-25-14-20-21(27-23)29(19-8-6-7-9-19)15-24(3,4)22(30)28(20)5;1-10(2)5-12-8-7(4-11-6-13-8)14(3)9(10)15/h10-14,17,19H,6-9,15H2,1-5H3,(H,25,26,27);4,6H,5H2,1-3H3,(H,11,12,13). The minimum absolute atomic E-state index is 0.0727. The molecule has 1 saturated carbocycles. The lowest BCUT2D eigenvalue weighted by Gasteiger charge is -2.34. The van der Waals surface area contributed by atoms with Crippen LogP contribution in [-0.4, -0.2) is 65.0 Å². The summed E-state index contributed by atoms with van der Waals surface area (Å²) in [6, 6.07) is 9.03. The van der Waals surface area contributed by atoms with Crippen molar-refractivity contribution in [3.05, 3.63) is 54.1 Å². The van der Waals surface area contributed by atoms with Crippen LogP contribution in [0.2, 0.25) is 0 Å². The van der Waals surface area contributed by atoms with Gasteiger partial charge in [-0.2, -0.15) is 4.98 Å². The molecule has 2 amide bonds. The van der Waals surface area contributed by atoms with Crippen LogP contribution in [0.5, 0.6) is 0 Å². The van der Waals surface area contributed by atoms with Crippen LogP contribution in [0.1, 0.15) is 77.5 Å². The van der Waals surface area contributed by atoms with Crippen molar-refractivity contribution in [1.82, 2.24) is 19.9 Å². The summed E-state index contributed by atoms with van der Waals surface area (Å²) in [4.78, 5) is 48.4. The van der Waals surface area contributed by atoms with Gasteiger partial charge in [0.05, 0.1) is 29.3 Å². The summed E-state index contributed by atoms with van der Waals surface area (Å²) in [5.41, 5.74) is 3.07. The number of fused-ring (bicyclic) bond motifs is 2. The Labute approximate surface area is 266 Å². The van der Waals surface area contributed by atoms with Crippen molar-refractivity contribution in [1.29, 1.82) is 0 Å². The smallest absolute Gasteiger partial charge is 0.234 e. The number of nitrogens with zero attached hydrogens (tertiary/aromatic N) is 7. The largest absolute Gasteiger partial charge is 0.367 e. The molecule has 0 radical (unpaired) electrons. The molecule has 3 aliphatic rings. The molecule has 1 aromatic carbocycles. The molecule has 1 aliphatic carbocycles. The predicted molar refractivity (Wildman–Crippen MR) is 180 cm³/mol. The third kappa shape index (κ3) is 6.72. The molecule has 1 fully saturated rings. The fraction of sp³-hybridized carbons (Fsp3) is 0.529. The number of hydrogen-bond acceptors (Lipinski definition) is 9. The summed E-state index contributed by atoms with van der Waals surface area (Å²) in [6.07, 6.45) is 9.70. The molecule has 45 heavy (non-hydrogen) atoms. The van der Waals surface area contributed by atoms with Crippen LogP contribution < -0.4 is 25.3 Å². The molecule has 2 aromatic heterocycles. The van der Waals surface area contributed by atoms with Crippen LogP contribution in [-0.2, 0) is 9.59 Å². The highest BCUT2D eigenvalue weighted by Gasteiger charge is 2.41. The van der Waals surface area contributed by atoms with E-state index in [4.69, 9.17) is 4.98 Å². The monoisotopic (exact) mass is 613 g/mol. The molecule has 2 aliphatic heterocycles. The quantitative estimate of drug-likeness (QED) is 0.387. The van der Waals surface area contributed by atoms with Crippen molar-refractivity contribution in [2.24, 2.45) is 10.8 Å². The Hall–Kier alpha value is -4.28. The van der Waals surface area contributed by atoms with Crippen LogP contribution >= 0.6 is 0 Å². The highest BCUT2D eigenvalue weighted by molar-refractivity contribution is 6.01. The predicted octanol–water partition coefficient (Wildman–Crippen LogP) is 5.60. The van der Waals surface area contributed by atoms with Crippen LogP contribution in [0, 0.1) is 17.8 Å². The lowest BCUT2D eigenvalue weighted by atomic mass is 9.91. The maximum absolute atomic E-state index is 13.1. The average Bonchev–Trinajstić information content (AvgIpc) is 3.52. The zero-order chi connectivity index (χ0) is 32.5. The highest BCUT2D eigenvalue weighted by Crippen LogP contribution is 2.40. The summed E-state index contributed by atoms with van der Waals surface area (Å²) in [6.45, 7) is 13.4. The van der Waals surface area contributed by atoms with Gasteiger partial charge in [0.15, 0.2) is 11.6 Å². The number of nitrogens with one attached hydrogen (secondary N) is 2. The van der Waals surface area contributed by atoms with Crippen LogP contribution in [0.15, 0.2) is 43.0 Å². The first-order valence-corrected chi connectivity index (χ1v) is 15.9. The molecule has 1 unspecified atom stereocenters. The van der Waals surface area contributed by atoms with Crippen molar-refractivity contribution in [3.63, 3.8) is 0 Å². The molecule has 11 heteroatoms. The molecule has 1 atom stereocenters. The molecular formula is C34H47N9O2. The first-order valence-electron chi connectivity index (χ1n) is 15.9. The zero-order valence-electron chi connectivity index (χ0n) is 27.9. The fourth-order valence-corrected chi connectivity index (χ4v) is 6.31. The van der Waals surface area contributed by atoms with Crippen molar-refractivity contribution >= 4 is 40.8 Å². The second-order valence-electron chi connectivity index (χ2n) is 13.9. The van der Waals surface area contributed by atoms with Gasteiger partial charge >= 0.3 is 0 Å². The van der Waals surface area contributed by atoms with Gasteiger partial charge in [-0.15, -0.1) is 0 Å². The molecular weight excluding hydrogens is 566 g/mol. The van der Waals surface area contributed by atoms with E-state index in [-0.39, 0.29) is 17.9 Å². The zero-order valence-corrected chi connectivity index (χ0v) is 27.9. The van der Waals surface area contributed by atoms with E-state index in [1.54, 1.807) is 29.2 Å². The lowest BCUT2D eigenvalue weighted by molar-refractivity contribution is -0.126. The van der Waals surface area contributed by atoms with Gasteiger partial charge in [-0.3, -0.25) is 9.59 Å². The number of rotatable bonds is 4. The van der Waals surface area contributed by atoms with Crippen LogP contribution in [0.25, 0.3) is 0 Å².